The maximum atomic E-state index is 7.72. The predicted molar refractivity (Wildman–Crippen MR) is 33.6 cm³/mol. The molecule has 0 atom stereocenters. The third-order valence-electron chi connectivity index (χ3n) is 1.50. The molecule has 0 heterocycles. The third kappa shape index (κ3) is 4.41. The maximum absolute atomic E-state index is 7.72. The highest BCUT2D eigenvalue weighted by Crippen LogP contribution is 2.15. The van der Waals surface area contributed by atoms with E-state index in [0.29, 0.717) is 0 Å². The van der Waals surface area contributed by atoms with Gasteiger partial charge >= 0.3 is 0 Å². The average Bonchev–Trinajstić information content (AvgIpc) is 1.96. The van der Waals surface area contributed by atoms with Gasteiger partial charge in [0.15, 0.2) is 0 Å². The Morgan fingerprint density at radius 1 is 0.625 bits per heavy atom. The van der Waals surface area contributed by atoms with Crippen molar-refractivity contribution in [2.24, 2.45) is 0 Å². The minimum Gasteiger partial charge on any atom is -0.769 e. The molecule has 1 fully saturated rings. The van der Waals surface area contributed by atoms with Crippen LogP contribution in [0.5, 0.6) is 0 Å². The maximum Gasteiger partial charge on any atom is -0.0533 e. The zero-order valence-electron chi connectivity index (χ0n) is 5.03. The molecule has 0 amide bonds. The molecule has 0 saturated heterocycles. The Hall–Kier alpha value is 0.250. The summed E-state index contributed by atoms with van der Waals surface area (Å²) in [6.07, 6.45) is 9.00. The van der Waals surface area contributed by atoms with Gasteiger partial charge in [-0.2, -0.15) is 0 Å². The minimum absolute atomic E-state index is 1.50. The van der Waals surface area contributed by atoms with Gasteiger partial charge in [-0.05, 0) is 0 Å². The number of hydrogen-bond donors (Lipinski definition) is 0. The molecule has 0 unspecified atom stereocenters. The Morgan fingerprint density at radius 2 is 0.750 bits per heavy atom. The van der Waals surface area contributed by atoms with E-state index in [1.54, 1.807) is 0 Å². The third-order valence-corrected chi connectivity index (χ3v) is 1.50. The first kappa shape index (κ1) is 8.25. The van der Waals surface area contributed by atoms with Crippen molar-refractivity contribution in [1.29, 1.82) is 0 Å². The quantitative estimate of drug-likeness (QED) is 0.497. The fourth-order valence-electron chi connectivity index (χ4n) is 1.06. The molecule has 0 aliphatic heterocycles. The lowest BCUT2D eigenvalue weighted by Gasteiger charge is -2.05. The zero-order valence-corrected chi connectivity index (χ0v) is 5.78. The van der Waals surface area contributed by atoms with Crippen LogP contribution in [-0.4, -0.2) is 0 Å². The molecule has 8 heavy (non-hydrogen) atoms. The van der Waals surface area contributed by atoms with Crippen LogP contribution in [0, 0.1) is 0 Å². The van der Waals surface area contributed by atoms with Crippen LogP contribution in [0.4, 0.5) is 0 Å². The van der Waals surface area contributed by atoms with Crippen LogP contribution in [0.3, 0.4) is 0 Å². The van der Waals surface area contributed by atoms with Gasteiger partial charge in [0.1, 0.15) is 0 Å². The summed E-state index contributed by atoms with van der Waals surface area (Å²) < 4.78 is 7.72. The van der Waals surface area contributed by atoms with Crippen molar-refractivity contribution in [3.05, 3.63) is 0 Å². The number of rotatable bonds is 0. The molecule has 1 rings (SSSR count). The van der Waals surface area contributed by atoms with Gasteiger partial charge in [-0.15, -0.1) is 0 Å². The smallest absolute Gasteiger partial charge is 0.0533 e. The zero-order chi connectivity index (χ0) is 6.24. The molecule has 0 spiro atoms. The van der Waals surface area contributed by atoms with Crippen LogP contribution in [0.25, 0.3) is 0 Å². The molecule has 0 N–H and O–H groups in total. The number of hydrogen-bond acceptors (Lipinski definition) is 1. The summed E-state index contributed by atoms with van der Waals surface area (Å²) >= 11 is 3.39. The first-order valence-electron chi connectivity index (χ1n) is 3.15. The summed E-state index contributed by atoms with van der Waals surface area (Å²) in [7, 11) is 0. The molecule has 0 radical (unpaired) electrons. The van der Waals surface area contributed by atoms with Gasteiger partial charge < -0.3 is 4.66 Å². The summed E-state index contributed by atoms with van der Waals surface area (Å²) in [5, 5.41) is 0. The Labute approximate surface area is 55.8 Å². The highest BCUT2D eigenvalue weighted by Gasteiger charge is 1.95. The lowest BCUT2D eigenvalue weighted by Crippen LogP contribution is -1.85. The molecule has 0 aromatic rings. The van der Waals surface area contributed by atoms with Crippen LogP contribution < -0.4 is 4.66 Å². The molecular formula is C6H12ClO-. The van der Waals surface area contributed by atoms with Crippen LogP contribution in [-0.2, 0) is 0 Å². The van der Waals surface area contributed by atoms with Crippen molar-refractivity contribution >= 4 is 11.9 Å². The van der Waals surface area contributed by atoms with Crippen molar-refractivity contribution in [3.8, 4) is 0 Å². The van der Waals surface area contributed by atoms with Crippen LogP contribution in [0.1, 0.15) is 38.5 Å². The molecular weight excluding hydrogens is 124 g/mol. The van der Waals surface area contributed by atoms with E-state index in [1.807, 2.05) is 0 Å². The molecule has 1 aliphatic carbocycles. The molecule has 50 valence electrons. The molecule has 2 heteroatoms. The largest absolute Gasteiger partial charge is 0.769 e. The van der Waals surface area contributed by atoms with E-state index in [-0.39, 0.29) is 0 Å². The molecule has 0 aromatic carbocycles. The molecule has 0 bridgehead atoms. The standard InChI is InChI=1S/C6H12.ClO/c1-2-4-6-5-3-1;1-2/h1-6H2;/q;-1. The van der Waals surface area contributed by atoms with Crippen molar-refractivity contribution in [2.75, 3.05) is 0 Å². The van der Waals surface area contributed by atoms with E-state index in [1.165, 1.54) is 38.5 Å². The number of halogens is 1. The van der Waals surface area contributed by atoms with E-state index in [9.17, 15) is 0 Å². The van der Waals surface area contributed by atoms with Gasteiger partial charge in [0.2, 0.25) is 0 Å². The lowest BCUT2D eigenvalue weighted by molar-refractivity contribution is -0.166. The molecule has 1 saturated carbocycles. The minimum atomic E-state index is 1.50. The monoisotopic (exact) mass is 135 g/mol. The van der Waals surface area contributed by atoms with E-state index in [0.717, 1.165) is 0 Å². The van der Waals surface area contributed by atoms with Gasteiger partial charge in [0, 0.05) is 0 Å². The molecule has 1 nitrogen and oxygen atoms in total. The first-order valence-corrected chi connectivity index (χ1v) is 3.46. The summed E-state index contributed by atoms with van der Waals surface area (Å²) in [6, 6.07) is 0. The van der Waals surface area contributed by atoms with Crippen molar-refractivity contribution in [2.45, 2.75) is 38.5 Å². The summed E-state index contributed by atoms with van der Waals surface area (Å²) in [4.78, 5) is 0. The Balaban J connectivity index is 0.000000222. The topological polar surface area (TPSA) is 23.1 Å². The highest BCUT2D eigenvalue weighted by molar-refractivity contribution is 6.02. The van der Waals surface area contributed by atoms with Gasteiger partial charge in [-0.1, -0.05) is 38.5 Å². The van der Waals surface area contributed by atoms with Crippen LogP contribution >= 0.6 is 11.9 Å². The summed E-state index contributed by atoms with van der Waals surface area (Å²) in [5.74, 6) is 0. The second-order valence-corrected chi connectivity index (χ2v) is 2.12. The lowest BCUT2D eigenvalue weighted by atomic mass is 10.0. The normalized spacial score (nSPS) is 18.8. The second kappa shape index (κ2) is 7.25. The Bertz CT molecular complexity index is 24.0. The first-order chi connectivity index (χ1) is 4.00. The SMILES string of the molecule is C1CCCCC1.[O-]Cl. The van der Waals surface area contributed by atoms with Crippen LogP contribution in [0.2, 0.25) is 0 Å². The molecule has 0 aromatic heterocycles. The summed E-state index contributed by atoms with van der Waals surface area (Å²) in [6.45, 7) is 0. The van der Waals surface area contributed by atoms with E-state index >= 15 is 0 Å². The fraction of sp³-hybridized carbons (Fsp3) is 1.00. The van der Waals surface area contributed by atoms with Crippen molar-refractivity contribution in [1.82, 2.24) is 0 Å². The van der Waals surface area contributed by atoms with Gasteiger partial charge in [-0.3, -0.25) is 0 Å². The van der Waals surface area contributed by atoms with Gasteiger partial charge in [0.25, 0.3) is 0 Å². The average molecular weight is 136 g/mol. The van der Waals surface area contributed by atoms with Crippen molar-refractivity contribution < 1.29 is 4.66 Å². The van der Waals surface area contributed by atoms with E-state index in [4.69, 9.17) is 4.66 Å². The van der Waals surface area contributed by atoms with E-state index in [2.05, 4.69) is 11.9 Å². The Morgan fingerprint density at radius 3 is 0.875 bits per heavy atom. The Kier molecular flexibility index (Phi) is 7.48. The van der Waals surface area contributed by atoms with E-state index < -0.39 is 0 Å². The second-order valence-electron chi connectivity index (χ2n) is 2.12. The van der Waals surface area contributed by atoms with Crippen LogP contribution in [0.15, 0.2) is 0 Å². The van der Waals surface area contributed by atoms with Crippen molar-refractivity contribution in [3.63, 3.8) is 0 Å². The van der Waals surface area contributed by atoms with Gasteiger partial charge in [-0.25, -0.2) is 11.9 Å². The summed E-state index contributed by atoms with van der Waals surface area (Å²) in [5.41, 5.74) is 0. The highest BCUT2D eigenvalue weighted by atomic mass is 35.5. The molecule has 1 aliphatic rings. The fourth-order valence-corrected chi connectivity index (χ4v) is 1.06. The predicted octanol–water partition coefficient (Wildman–Crippen LogP) is 1.84. The van der Waals surface area contributed by atoms with Gasteiger partial charge in [0.05, 0.1) is 0 Å².